The molecule has 10 heteroatoms. The molecule has 3 heterocycles. The van der Waals surface area contributed by atoms with Crippen molar-refractivity contribution in [3.8, 4) is 11.3 Å². The highest BCUT2D eigenvalue weighted by Gasteiger charge is 2.26. The summed E-state index contributed by atoms with van der Waals surface area (Å²) < 4.78 is 11.4. The number of nitrogens with two attached hydrogens (primary N) is 2. The number of aliphatic imine (C=N–C) groups is 1. The maximum Gasteiger partial charge on any atom is 0.395 e. The molecule has 0 bridgehead atoms. The summed E-state index contributed by atoms with van der Waals surface area (Å²) in [6.45, 7) is 2.66. The summed E-state index contributed by atoms with van der Waals surface area (Å²) >= 11 is 0. The van der Waals surface area contributed by atoms with E-state index in [0.29, 0.717) is 54.5 Å². The fourth-order valence-corrected chi connectivity index (χ4v) is 5.68. The smallest absolute Gasteiger partial charge is 0.378 e. The minimum Gasteiger partial charge on any atom is -0.378 e. The number of para-hydroxylation sites is 1. The van der Waals surface area contributed by atoms with E-state index in [1.807, 2.05) is 54.7 Å². The zero-order valence-corrected chi connectivity index (χ0v) is 23.4. The average Bonchev–Trinajstić information content (AvgIpc) is 3.17. The Bertz CT molecular complexity index is 1680. The van der Waals surface area contributed by atoms with Gasteiger partial charge >= 0.3 is 11.5 Å². The number of rotatable bonds is 5. The van der Waals surface area contributed by atoms with Gasteiger partial charge in [0.15, 0.2) is 5.69 Å². The predicted molar refractivity (Wildman–Crippen MR) is 163 cm³/mol. The second-order valence-corrected chi connectivity index (χ2v) is 10.6. The largest absolute Gasteiger partial charge is 0.395 e. The fourth-order valence-electron chi connectivity index (χ4n) is 5.68. The molecule has 1 aliphatic carbocycles. The van der Waals surface area contributed by atoms with Gasteiger partial charge < -0.3 is 20.1 Å². The van der Waals surface area contributed by atoms with Gasteiger partial charge in [0.25, 0.3) is 6.02 Å². The van der Waals surface area contributed by atoms with Gasteiger partial charge in [-0.15, -0.1) is 0 Å². The number of aromatic nitrogens is 3. The highest BCUT2D eigenvalue weighted by Crippen LogP contribution is 2.35. The Morgan fingerprint density at radius 1 is 1.00 bits per heavy atom. The Kier molecular flexibility index (Phi) is 8.14. The van der Waals surface area contributed by atoms with Crippen LogP contribution in [0.3, 0.4) is 0 Å². The Labute approximate surface area is 243 Å². The van der Waals surface area contributed by atoms with Gasteiger partial charge in [0, 0.05) is 30.2 Å². The molecule has 2 aromatic heterocycles. The van der Waals surface area contributed by atoms with Crippen molar-refractivity contribution in [1.82, 2.24) is 15.0 Å². The maximum atomic E-state index is 13.1. The number of ether oxygens (including phenoxy) is 2. The molecule has 42 heavy (non-hydrogen) atoms. The molecule has 214 valence electrons. The third-order valence-electron chi connectivity index (χ3n) is 7.82. The van der Waals surface area contributed by atoms with Crippen LogP contribution in [0.15, 0.2) is 76.6 Å². The highest BCUT2D eigenvalue weighted by molar-refractivity contribution is 6.00. The summed E-state index contributed by atoms with van der Waals surface area (Å²) in [6.07, 6.45) is 7.94. The SMILES string of the molecule is NC(=Nc1nc(-c2ccccc2)c2ccccc2nc1=O)OC(=[NH2+])c1ncc(C2CCCCC2)cc1N1CCOCC1. The van der Waals surface area contributed by atoms with Crippen LogP contribution in [0.4, 0.5) is 11.5 Å². The van der Waals surface area contributed by atoms with Crippen molar-refractivity contribution in [2.75, 3.05) is 31.2 Å². The second-order valence-electron chi connectivity index (χ2n) is 10.6. The first-order chi connectivity index (χ1) is 20.6. The van der Waals surface area contributed by atoms with Crippen molar-refractivity contribution in [3.63, 3.8) is 0 Å². The number of hydrogen-bond acceptors (Lipinski definition) is 8. The monoisotopic (exact) mass is 564 g/mol. The summed E-state index contributed by atoms with van der Waals surface area (Å²) in [5.41, 5.74) is 9.98. The number of amidine groups is 1. The molecule has 0 spiro atoms. The lowest BCUT2D eigenvalue weighted by atomic mass is 9.84. The second kappa shape index (κ2) is 12.4. The number of nitrogens with zero attached hydrogens (tertiary/aromatic N) is 5. The number of benzene rings is 2. The Hall–Kier alpha value is -4.70. The maximum absolute atomic E-state index is 13.1. The lowest BCUT2D eigenvalue weighted by Crippen LogP contribution is -2.46. The molecule has 6 rings (SSSR count). The van der Waals surface area contributed by atoms with E-state index in [9.17, 15) is 4.79 Å². The van der Waals surface area contributed by atoms with Crippen LogP contribution in [-0.4, -0.2) is 53.2 Å². The van der Waals surface area contributed by atoms with Crippen molar-refractivity contribution in [3.05, 3.63) is 88.5 Å². The molecule has 4 N–H and O–H groups in total. The minimum absolute atomic E-state index is 0.0119. The molecular weight excluding hydrogens is 530 g/mol. The summed E-state index contributed by atoms with van der Waals surface area (Å²) in [5.74, 6) is 0.266. The quantitative estimate of drug-likeness (QED) is 0.278. The van der Waals surface area contributed by atoms with Gasteiger partial charge in [0.05, 0.1) is 30.1 Å². The number of pyridine rings is 1. The van der Waals surface area contributed by atoms with Crippen molar-refractivity contribution < 1.29 is 14.9 Å². The number of morpholine rings is 1. The van der Waals surface area contributed by atoms with E-state index in [0.717, 1.165) is 24.1 Å². The molecule has 0 atom stereocenters. The number of anilines is 1. The molecule has 1 aliphatic heterocycles. The Morgan fingerprint density at radius 2 is 1.74 bits per heavy atom. The van der Waals surface area contributed by atoms with Gasteiger partial charge in [-0.3, -0.25) is 4.79 Å². The molecule has 1 saturated heterocycles. The molecule has 2 aliphatic rings. The molecule has 4 aromatic rings. The summed E-state index contributed by atoms with van der Waals surface area (Å²) in [6, 6.07) is 18.7. The van der Waals surface area contributed by atoms with E-state index < -0.39 is 5.56 Å². The van der Waals surface area contributed by atoms with Crippen molar-refractivity contribution in [1.29, 1.82) is 0 Å². The lowest BCUT2D eigenvalue weighted by Gasteiger charge is -2.31. The van der Waals surface area contributed by atoms with Crippen LogP contribution in [-0.2, 0) is 9.47 Å². The van der Waals surface area contributed by atoms with Crippen LogP contribution < -0.4 is 21.6 Å². The van der Waals surface area contributed by atoms with Crippen LogP contribution in [0, 0.1) is 0 Å². The molecule has 1 saturated carbocycles. The van der Waals surface area contributed by atoms with Crippen LogP contribution in [0.1, 0.15) is 49.3 Å². The summed E-state index contributed by atoms with van der Waals surface area (Å²) in [4.78, 5) is 33.1. The Balaban J connectivity index is 1.34. The normalized spacial score (nSPS) is 16.4. The third-order valence-corrected chi connectivity index (χ3v) is 7.82. The third kappa shape index (κ3) is 5.99. The zero-order chi connectivity index (χ0) is 28.9. The van der Waals surface area contributed by atoms with E-state index in [1.54, 1.807) is 6.07 Å². The van der Waals surface area contributed by atoms with E-state index in [1.165, 1.54) is 24.8 Å². The van der Waals surface area contributed by atoms with E-state index >= 15 is 0 Å². The van der Waals surface area contributed by atoms with E-state index in [4.69, 9.17) is 25.6 Å². The van der Waals surface area contributed by atoms with Gasteiger partial charge in [-0.05, 0) is 36.5 Å². The molecule has 0 amide bonds. The minimum atomic E-state index is -0.637. The van der Waals surface area contributed by atoms with Crippen LogP contribution in [0.5, 0.6) is 0 Å². The summed E-state index contributed by atoms with van der Waals surface area (Å²) in [7, 11) is 0. The Morgan fingerprint density at radius 3 is 2.52 bits per heavy atom. The van der Waals surface area contributed by atoms with Crippen LogP contribution in [0.2, 0.25) is 0 Å². The molecular formula is C32H34N7O3+. The van der Waals surface area contributed by atoms with E-state index in [-0.39, 0.29) is 17.7 Å². The summed E-state index contributed by atoms with van der Waals surface area (Å²) in [5, 5.41) is 7.16. The molecule has 0 unspecified atom stereocenters. The molecule has 2 fully saturated rings. The van der Waals surface area contributed by atoms with Gasteiger partial charge in [0.2, 0.25) is 5.82 Å². The molecule has 2 aromatic carbocycles. The van der Waals surface area contributed by atoms with Crippen LogP contribution >= 0.6 is 0 Å². The van der Waals surface area contributed by atoms with Crippen molar-refractivity contribution in [2.24, 2.45) is 10.7 Å². The highest BCUT2D eigenvalue weighted by atomic mass is 16.5. The first kappa shape index (κ1) is 27.5. The van der Waals surface area contributed by atoms with Crippen LogP contribution in [0.25, 0.3) is 22.2 Å². The average molecular weight is 565 g/mol. The standard InChI is InChI=1S/C32H33N7O3/c33-29(28-26(39-15-17-41-18-16-39)19-23(20-35-28)21-9-3-1-4-10-21)42-32(34)38-30-31(40)36-25-14-8-7-13-24(25)27(37-30)22-11-5-2-6-12-22/h2,5-8,11-14,19-21,33H,1,3-4,9-10,15-18H2,(H2,34,36,37,38,40)/p+1. The number of hydrogen-bond donors (Lipinski definition) is 2. The van der Waals surface area contributed by atoms with Gasteiger partial charge in [0.1, 0.15) is 0 Å². The first-order valence-corrected chi connectivity index (χ1v) is 14.4. The van der Waals surface area contributed by atoms with Gasteiger partial charge in [-0.2, -0.15) is 4.99 Å². The van der Waals surface area contributed by atoms with Crippen molar-refractivity contribution >= 4 is 34.3 Å². The lowest BCUT2D eigenvalue weighted by molar-refractivity contribution is -0.131. The molecule has 0 radical (unpaired) electrons. The number of fused-ring (bicyclic) bond motifs is 1. The topological polar surface area (TPSA) is 141 Å². The molecule has 10 nitrogen and oxygen atoms in total. The zero-order valence-electron chi connectivity index (χ0n) is 23.4. The van der Waals surface area contributed by atoms with Gasteiger partial charge in [-0.1, -0.05) is 67.8 Å². The van der Waals surface area contributed by atoms with Gasteiger partial charge in [-0.25, -0.2) is 20.4 Å². The van der Waals surface area contributed by atoms with E-state index in [2.05, 4.69) is 25.9 Å². The van der Waals surface area contributed by atoms with Crippen molar-refractivity contribution in [2.45, 2.75) is 38.0 Å². The first-order valence-electron chi connectivity index (χ1n) is 14.4. The fraction of sp³-hybridized carbons (Fsp3) is 0.312. The predicted octanol–water partition coefficient (Wildman–Crippen LogP) is 3.11.